The lowest BCUT2D eigenvalue weighted by Crippen LogP contribution is -2.20. The Morgan fingerprint density at radius 3 is 2.54 bits per heavy atom. The number of rotatable bonds is 15. The number of carboxylic acid groups (broad SMARTS) is 1. The standard InChI is InChI=1S/C21H36O4S/c1-3-5-7-11-17(22)15-26-20-14-13-19(23)18(20)12-9-6-8-10-16(4-2)21(24)25/h13-14,16-18,20,22H,3-12,15H2,1-2H3,(H,24,25). The van der Waals surface area contributed by atoms with E-state index in [-0.39, 0.29) is 29.0 Å². The van der Waals surface area contributed by atoms with Crippen LogP contribution in [0.1, 0.15) is 78.1 Å². The topological polar surface area (TPSA) is 74.6 Å². The van der Waals surface area contributed by atoms with Crippen molar-refractivity contribution < 1.29 is 19.8 Å². The average molecular weight is 385 g/mol. The van der Waals surface area contributed by atoms with Gasteiger partial charge in [0.25, 0.3) is 0 Å². The molecule has 150 valence electrons. The van der Waals surface area contributed by atoms with E-state index in [0.717, 1.165) is 57.8 Å². The smallest absolute Gasteiger partial charge is 0.306 e. The molecule has 0 saturated carbocycles. The van der Waals surface area contributed by atoms with Crippen molar-refractivity contribution in [1.82, 2.24) is 0 Å². The number of ketones is 1. The van der Waals surface area contributed by atoms with Crippen LogP contribution >= 0.6 is 11.8 Å². The molecule has 0 aliphatic heterocycles. The highest BCUT2D eigenvalue weighted by Gasteiger charge is 2.30. The van der Waals surface area contributed by atoms with Crippen LogP contribution in [-0.2, 0) is 9.59 Å². The molecule has 0 radical (unpaired) electrons. The van der Waals surface area contributed by atoms with Crippen molar-refractivity contribution in [3.8, 4) is 0 Å². The second kappa shape index (κ2) is 13.4. The van der Waals surface area contributed by atoms with E-state index in [0.29, 0.717) is 12.2 Å². The minimum Gasteiger partial charge on any atom is -0.481 e. The lowest BCUT2D eigenvalue weighted by atomic mass is 9.95. The van der Waals surface area contributed by atoms with E-state index in [1.807, 2.05) is 13.0 Å². The van der Waals surface area contributed by atoms with Crippen molar-refractivity contribution in [3.05, 3.63) is 12.2 Å². The number of aliphatic carboxylic acids is 1. The van der Waals surface area contributed by atoms with Crippen molar-refractivity contribution in [3.63, 3.8) is 0 Å². The predicted octanol–water partition coefficient (Wildman–Crippen LogP) is 4.85. The summed E-state index contributed by atoms with van der Waals surface area (Å²) in [6, 6.07) is 0. The maximum atomic E-state index is 12.1. The number of aliphatic hydroxyl groups is 1. The van der Waals surface area contributed by atoms with Crippen LogP contribution in [0, 0.1) is 11.8 Å². The number of hydrogen-bond acceptors (Lipinski definition) is 4. The molecule has 1 aliphatic carbocycles. The molecule has 0 heterocycles. The van der Waals surface area contributed by atoms with E-state index >= 15 is 0 Å². The molecular formula is C21H36O4S. The number of aliphatic hydroxyl groups excluding tert-OH is 1. The molecule has 2 N–H and O–H groups in total. The number of carboxylic acids is 1. The SMILES string of the molecule is CCCCCC(O)CSC1C=CC(=O)C1CCCCCC(CC)C(=O)O. The van der Waals surface area contributed by atoms with E-state index in [2.05, 4.69) is 6.92 Å². The molecule has 0 amide bonds. The summed E-state index contributed by atoms with van der Waals surface area (Å²) < 4.78 is 0. The predicted molar refractivity (Wildman–Crippen MR) is 109 cm³/mol. The Kier molecular flexibility index (Phi) is 11.9. The van der Waals surface area contributed by atoms with Crippen LogP contribution in [0.5, 0.6) is 0 Å². The second-order valence-electron chi connectivity index (χ2n) is 7.40. The third-order valence-corrected chi connectivity index (χ3v) is 6.69. The minimum absolute atomic E-state index is 0.0317. The summed E-state index contributed by atoms with van der Waals surface area (Å²) in [6.45, 7) is 4.07. The molecule has 4 unspecified atom stereocenters. The fourth-order valence-corrected chi connectivity index (χ4v) is 4.76. The molecular weight excluding hydrogens is 348 g/mol. The van der Waals surface area contributed by atoms with Crippen molar-refractivity contribution in [2.75, 3.05) is 5.75 Å². The number of unbranched alkanes of at least 4 members (excludes halogenated alkanes) is 4. The van der Waals surface area contributed by atoms with Gasteiger partial charge in [-0.3, -0.25) is 9.59 Å². The number of allylic oxidation sites excluding steroid dienone is 1. The van der Waals surface area contributed by atoms with Gasteiger partial charge in [0.1, 0.15) is 0 Å². The average Bonchev–Trinajstić information content (AvgIpc) is 2.96. The summed E-state index contributed by atoms with van der Waals surface area (Å²) in [6.07, 6.45) is 12.8. The van der Waals surface area contributed by atoms with E-state index in [1.54, 1.807) is 17.8 Å². The summed E-state index contributed by atoms with van der Waals surface area (Å²) in [5.41, 5.74) is 0. The van der Waals surface area contributed by atoms with Gasteiger partial charge < -0.3 is 10.2 Å². The number of carbonyl (C=O) groups is 2. The van der Waals surface area contributed by atoms with Crippen molar-refractivity contribution in [1.29, 1.82) is 0 Å². The molecule has 5 heteroatoms. The first-order chi connectivity index (χ1) is 12.5. The monoisotopic (exact) mass is 384 g/mol. The lowest BCUT2D eigenvalue weighted by Gasteiger charge is -2.19. The molecule has 0 aromatic heterocycles. The van der Waals surface area contributed by atoms with Gasteiger partial charge in [0.2, 0.25) is 0 Å². The molecule has 26 heavy (non-hydrogen) atoms. The Morgan fingerprint density at radius 1 is 1.15 bits per heavy atom. The zero-order valence-corrected chi connectivity index (χ0v) is 17.2. The van der Waals surface area contributed by atoms with Crippen LogP contribution in [-0.4, -0.2) is 39.1 Å². The number of carbonyl (C=O) groups excluding carboxylic acids is 1. The van der Waals surface area contributed by atoms with Gasteiger partial charge in [-0.2, -0.15) is 11.8 Å². The van der Waals surface area contributed by atoms with E-state index in [4.69, 9.17) is 5.11 Å². The van der Waals surface area contributed by atoms with E-state index in [9.17, 15) is 14.7 Å². The third-order valence-electron chi connectivity index (χ3n) is 5.24. The van der Waals surface area contributed by atoms with Gasteiger partial charge in [-0.05, 0) is 31.8 Å². The van der Waals surface area contributed by atoms with E-state index < -0.39 is 5.97 Å². The summed E-state index contributed by atoms with van der Waals surface area (Å²) in [7, 11) is 0. The van der Waals surface area contributed by atoms with Gasteiger partial charge in [0, 0.05) is 16.9 Å². The molecule has 0 aromatic rings. The molecule has 1 aliphatic rings. The molecule has 0 spiro atoms. The van der Waals surface area contributed by atoms with E-state index in [1.165, 1.54) is 0 Å². The zero-order chi connectivity index (χ0) is 19.4. The molecule has 4 nitrogen and oxygen atoms in total. The van der Waals surface area contributed by atoms with Gasteiger partial charge >= 0.3 is 5.97 Å². The summed E-state index contributed by atoms with van der Waals surface area (Å²) >= 11 is 1.70. The van der Waals surface area contributed by atoms with Gasteiger partial charge in [-0.1, -0.05) is 58.4 Å². The number of thioether (sulfide) groups is 1. The van der Waals surface area contributed by atoms with Crippen LogP contribution in [0.3, 0.4) is 0 Å². The van der Waals surface area contributed by atoms with Gasteiger partial charge in [0.15, 0.2) is 5.78 Å². The largest absolute Gasteiger partial charge is 0.481 e. The maximum Gasteiger partial charge on any atom is 0.306 e. The quantitative estimate of drug-likeness (QED) is 0.395. The molecule has 4 atom stereocenters. The minimum atomic E-state index is -0.698. The van der Waals surface area contributed by atoms with Crippen molar-refractivity contribution in [2.24, 2.45) is 11.8 Å². The Bertz CT molecular complexity index is 449. The van der Waals surface area contributed by atoms with Crippen molar-refractivity contribution in [2.45, 2.75) is 89.4 Å². The molecule has 0 saturated heterocycles. The Hall–Kier alpha value is -0.810. The first-order valence-electron chi connectivity index (χ1n) is 10.2. The van der Waals surface area contributed by atoms with Crippen LogP contribution in [0.4, 0.5) is 0 Å². The lowest BCUT2D eigenvalue weighted by molar-refractivity contribution is -0.142. The Labute approximate surface area is 162 Å². The van der Waals surface area contributed by atoms with Gasteiger partial charge in [0.05, 0.1) is 12.0 Å². The molecule has 1 rings (SSSR count). The molecule has 0 bridgehead atoms. The van der Waals surface area contributed by atoms with Crippen LogP contribution in [0.2, 0.25) is 0 Å². The second-order valence-corrected chi connectivity index (χ2v) is 8.61. The Morgan fingerprint density at radius 2 is 1.88 bits per heavy atom. The van der Waals surface area contributed by atoms with Gasteiger partial charge in [-0.25, -0.2) is 0 Å². The van der Waals surface area contributed by atoms with Crippen molar-refractivity contribution >= 4 is 23.5 Å². The first kappa shape index (κ1) is 23.2. The van der Waals surface area contributed by atoms with Crippen LogP contribution in [0.15, 0.2) is 12.2 Å². The number of hydrogen-bond donors (Lipinski definition) is 2. The normalized spacial score (nSPS) is 21.9. The van der Waals surface area contributed by atoms with Gasteiger partial charge in [-0.15, -0.1) is 0 Å². The summed E-state index contributed by atoms with van der Waals surface area (Å²) in [5.74, 6) is 0.00220. The summed E-state index contributed by atoms with van der Waals surface area (Å²) in [4.78, 5) is 23.1. The fraction of sp³-hybridized carbons (Fsp3) is 0.810. The van der Waals surface area contributed by atoms with Crippen LogP contribution < -0.4 is 0 Å². The maximum absolute atomic E-state index is 12.1. The Balaban J connectivity index is 2.25. The summed E-state index contributed by atoms with van der Waals surface area (Å²) in [5, 5.41) is 19.3. The zero-order valence-electron chi connectivity index (χ0n) is 16.4. The molecule has 0 aromatic carbocycles. The molecule has 0 fully saturated rings. The highest BCUT2D eigenvalue weighted by molar-refractivity contribution is 8.00. The highest BCUT2D eigenvalue weighted by atomic mass is 32.2. The fourth-order valence-electron chi connectivity index (χ4n) is 3.46. The third kappa shape index (κ3) is 8.72. The highest BCUT2D eigenvalue weighted by Crippen LogP contribution is 2.32. The first-order valence-corrected chi connectivity index (χ1v) is 11.3. The van der Waals surface area contributed by atoms with Crippen LogP contribution in [0.25, 0.3) is 0 Å².